The smallest absolute Gasteiger partial charge is 0.445 e. The summed E-state index contributed by atoms with van der Waals surface area (Å²) in [5, 5.41) is 3.19. The fraction of sp³-hybridized carbons (Fsp3) is 0.286. The average molecular weight is 494 g/mol. The van der Waals surface area contributed by atoms with E-state index < -0.39 is 27.1 Å². The maximum atomic E-state index is 12.5. The van der Waals surface area contributed by atoms with Crippen molar-refractivity contribution >= 4 is 43.8 Å². The molecular weight excluding hydrogens is 478 g/mol. The summed E-state index contributed by atoms with van der Waals surface area (Å²) >= 11 is 2.97. The highest BCUT2D eigenvalue weighted by Crippen LogP contribution is 2.24. The van der Waals surface area contributed by atoms with Crippen molar-refractivity contribution in [2.45, 2.75) is 5.03 Å². The number of halogens is 1. The van der Waals surface area contributed by atoms with Gasteiger partial charge in [0.15, 0.2) is 10.8 Å². The molecule has 0 atom stereocenters. The minimum Gasteiger partial charge on any atom is -0.496 e. The zero-order valence-electron chi connectivity index (χ0n) is 15.5. The van der Waals surface area contributed by atoms with Gasteiger partial charge in [0.25, 0.3) is 10.0 Å². The molecule has 15 heteroatoms. The van der Waals surface area contributed by atoms with Gasteiger partial charge >= 0.3 is 12.1 Å². The van der Waals surface area contributed by atoms with Gasteiger partial charge in [-0.25, -0.2) is 14.3 Å². The zero-order chi connectivity index (χ0) is 21.8. The van der Waals surface area contributed by atoms with Crippen LogP contribution in [0.25, 0.3) is 0 Å². The molecule has 0 bridgehead atoms. The van der Waals surface area contributed by atoms with Crippen molar-refractivity contribution in [3.63, 3.8) is 0 Å². The number of nitrogens with one attached hydrogen (secondary N) is 2. The molecule has 2 heterocycles. The highest BCUT2D eigenvalue weighted by Gasteiger charge is 2.33. The van der Waals surface area contributed by atoms with Crippen molar-refractivity contribution in [1.82, 2.24) is 19.5 Å². The van der Waals surface area contributed by atoms with Crippen molar-refractivity contribution in [1.29, 1.82) is 0 Å². The summed E-state index contributed by atoms with van der Waals surface area (Å²) in [6, 6.07) is 2.85. The van der Waals surface area contributed by atoms with Crippen LogP contribution in [0.15, 0.2) is 21.8 Å². The quantitative estimate of drug-likeness (QED) is 0.414. The van der Waals surface area contributed by atoms with Crippen LogP contribution in [-0.2, 0) is 26.6 Å². The Balaban J connectivity index is 2.18. The number of esters is 1. The van der Waals surface area contributed by atoms with Crippen molar-refractivity contribution in [3.05, 3.63) is 22.3 Å². The first-order valence-electron chi connectivity index (χ1n) is 7.53. The van der Waals surface area contributed by atoms with E-state index in [1.807, 2.05) is 0 Å². The molecule has 0 spiro atoms. The van der Waals surface area contributed by atoms with E-state index >= 15 is 0 Å². The van der Waals surface area contributed by atoms with E-state index in [0.29, 0.717) is 5.75 Å². The number of pyridine rings is 1. The Hall–Kier alpha value is -3.07. The molecule has 0 saturated heterocycles. The van der Waals surface area contributed by atoms with Crippen LogP contribution in [0.5, 0.6) is 11.6 Å². The van der Waals surface area contributed by atoms with Gasteiger partial charge in [0.2, 0.25) is 5.88 Å². The lowest BCUT2D eigenvalue weighted by Gasteiger charge is -2.11. The molecule has 2 rings (SSSR count). The molecule has 158 valence electrons. The molecule has 0 aliphatic carbocycles. The van der Waals surface area contributed by atoms with Gasteiger partial charge in [0, 0.05) is 19.2 Å². The molecular formula is C14H16BrN5O8S. The predicted octanol–water partition coefficient (Wildman–Crippen LogP) is 0.823. The second kappa shape index (κ2) is 8.95. The molecule has 0 saturated carbocycles. The van der Waals surface area contributed by atoms with Gasteiger partial charge in [-0.15, -0.1) is 0 Å². The second-order valence-electron chi connectivity index (χ2n) is 5.12. The first-order chi connectivity index (χ1) is 13.6. The normalized spacial score (nSPS) is 10.8. The molecule has 0 aliphatic rings. The number of nitrogens with zero attached hydrogens (tertiary/aromatic N) is 3. The minimum absolute atomic E-state index is 0.00674. The SMILES string of the molecule is COC(=O)c1c(Br)nn(C)c1S(=O)(=O)NC(=O)ONc1cc(OC)cc(OC)n1. The number of ether oxygens (including phenoxy) is 3. The largest absolute Gasteiger partial charge is 0.496 e. The van der Waals surface area contributed by atoms with Crippen LogP contribution in [0.1, 0.15) is 10.4 Å². The zero-order valence-corrected chi connectivity index (χ0v) is 18.0. The average Bonchev–Trinajstić information content (AvgIpc) is 2.99. The summed E-state index contributed by atoms with van der Waals surface area (Å²) in [5.41, 5.74) is 1.78. The highest BCUT2D eigenvalue weighted by atomic mass is 79.9. The lowest BCUT2D eigenvalue weighted by molar-refractivity contribution is 0.0594. The molecule has 2 aromatic rings. The van der Waals surface area contributed by atoms with Crippen molar-refractivity contribution in [2.75, 3.05) is 26.8 Å². The predicted molar refractivity (Wildman–Crippen MR) is 100 cm³/mol. The van der Waals surface area contributed by atoms with Crippen LogP contribution >= 0.6 is 15.9 Å². The Bertz CT molecular complexity index is 1020. The molecule has 2 aromatic heterocycles. The Morgan fingerprint density at radius 2 is 1.86 bits per heavy atom. The third-order valence-electron chi connectivity index (χ3n) is 3.28. The summed E-state index contributed by atoms with van der Waals surface area (Å²) in [6.45, 7) is 0. The van der Waals surface area contributed by atoms with E-state index in [-0.39, 0.29) is 21.9 Å². The summed E-state index contributed by atoms with van der Waals surface area (Å²) in [4.78, 5) is 32.4. The van der Waals surface area contributed by atoms with E-state index in [4.69, 9.17) is 9.47 Å². The Labute approximate surface area is 173 Å². The first-order valence-corrected chi connectivity index (χ1v) is 9.81. The maximum Gasteiger partial charge on any atom is 0.445 e. The van der Waals surface area contributed by atoms with E-state index in [9.17, 15) is 18.0 Å². The Kier molecular flexibility index (Phi) is 6.86. The fourth-order valence-electron chi connectivity index (χ4n) is 2.09. The highest BCUT2D eigenvalue weighted by molar-refractivity contribution is 9.10. The molecule has 1 amide bonds. The molecule has 0 radical (unpaired) electrons. The molecule has 0 aromatic carbocycles. The number of methoxy groups -OCH3 is 3. The number of amides is 1. The van der Waals surface area contributed by atoms with Gasteiger partial charge in [0.1, 0.15) is 15.9 Å². The number of hydrogen-bond donors (Lipinski definition) is 2. The lowest BCUT2D eigenvalue weighted by atomic mass is 10.4. The molecule has 13 nitrogen and oxygen atoms in total. The topological polar surface area (TPSA) is 160 Å². The van der Waals surface area contributed by atoms with Crippen molar-refractivity contribution in [2.24, 2.45) is 7.05 Å². The molecule has 29 heavy (non-hydrogen) atoms. The monoisotopic (exact) mass is 493 g/mol. The molecule has 2 N–H and O–H groups in total. The maximum absolute atomic E-state index is 12.5. The number of aromatic nitrogens is 3. The number of aryl methyl sites for hydroxylation is 1. The van der Waals surface area contributed by atoms with Crippen LogP contribution in [0.3, 0.4) is 0 Å². The number of hydrogen-bond acceptors (Lipinski definition) is 11. The first kappa shape index (κ1) is 22.2. The minimum atomic E-state index is -4.55. The Morgan fingerprint density at radius 3 is 2.45 bits per heavy atom. The van der Waals surface area contributed by atoms with Gasteiger partial charge in [-0.05, 0) is 15.9 Å². The third kappa shape index (κ3) is 5.05. The third-order valence-corrected chi connectivity index (χ3v) is 5.25. The molecule has 0 aliphatic heterocycles. The van der Waals surface area contributed by atoms with Crippen LogP contribution in [-0.4, -0.2) is 56.6 Å². The molecule has 0 fully saturated rings. The van der Waals surface area contributed by atoms with Crippen LogP contribution < -0.4 is 19.7 Å². The van der Waals surface area contributed by atoms with E-state index in [1.54, 1.807) is 4.72 Å². The number of sulfonamides is 1. The van der Waals surface area contributed by atoms with Crippen molar-refractivity contribution in [3.8, 4) is 11.6 Å². The van der Waals surface area contributed by atoms with Crippen LogP contribution in [0.4, 0.5) is 10.6 Å². The second-order valence-corrected chi connectivity index (χ2v) is 7.47. The van der Waals surface area contributed by atoms with Gasteiger partial charge in [-0.1, -0.05) is 0 Å². The van der Waals surface area contributed by atoms with Crippen LogP contribution in [0, 0.1) is 0 Å². The van der Waals surface area contributed by atoms with E-state index in [1.165, 1.54) is 33.4 Å². The number of carbonyl (C=O) groups is 2. The van der Waals surface area contributed by atoms with E-state index in [2.05, 4.69) is 41.1 Å². The van der Waals surface area contributed by atoms with Gasteiger partial charge in [-0.3, -0.25) is 4.68 Å². The van der Waals surface area contributed by atoms with Gasteiger partial charge < -0.3 is 19.0 Å². The number of rotatable bonds is 7. The number of anilines is 1. The standard InChI is InChI=1S/C14H16BrN5O8S/c1-20-12(10(11(15)17-20)13(21)27-4)29(23,24)19-14(22)28-18-8-5-7(25-2)6-9(16-8)26-3/h5-6H,1-4H3,(H,16,18)(H,19,22). The van der Waals surface area contributed by atoms with Gasteiger partial charge in [0.05, 0.1) is 21.3 Å². The lowest BCUT2D eigenvalue weighted by Crippen LogP contribution is -2.34. The van der Waals surface area contributed by atoms with Crippen molar-refractivity contribution < 1.29 is 37.1 Å². The summed E-state index contributed by atoms with van der Waals surface area (Å²) < 4.78 is 42.1. The fourth-order valence-corrected chi connectivity index (χ4v) is 4.01. The molecule has 0 unspecified atom stereocenters. The number of carbonyl (C=O) groups excluding carboxylic acids is 2. The summed E-state index contributed by atoms with van der Waals surface area (Å²) in [5.74, 6) is -0.457. The summed E-state index contributed by atoms with van der Waals surface area (Å²) in [6.07, 6.45) is -1.40. The summed E-state index contributed by atoms with van der Waals surface area (Å²) in [7, 11) is 0.562. The Morgan fingerprint density at radius 1 is 1.17 bits per heavy atom. The van der Waals surface area contributed by atoms with Gasteiger partial charge in [-0.2, -0.15) is 24.0 Å². The van der Waals surface area contributed by atoms with Crippen LogP contribution in [0.2, 0.25) is 0 Å². The van der Waals surface area contributed by atoms with E-state index in [0.717, 1.165) is 11.8 Å².